The smallest absolute Gasteiger partial charge is 0.0538 e. The van der Waals surface area contributed by atoms with Crippen molar-refractivity contribution < 1.29 is 0 Å². The van der Waals surface area contributed by atoms with Gasteiger partial charge in [0.15, 0.2) is 0 Å². The first-order valence-electron chi connectivity index (χ1n) is 4.86. The normalized spacial score (nSPS) is 22.8. The fourth-order valence-electron chi connectivity index (χ4n) is 1.71. The van der Waals surface area contributed by atoms with Crippen LogP contribution in [0.3, 0.4) is 0 Å². The highest BCUT2D eigenvalue weighted by Gasteiger charge is 2.27. The molecule has 1 aliphatic rings. The van der Waals surface area contributed by atoms with Crippen molar-refractivity contribution in [3.8, 4) is 0 Å². The third-order valence-corrected chi connectivity index (χ3v) is 2.62. The predicted octanol–water partition coefficient (Wildman–Crippen LogP) is 1.74. The van der Waals surface area contributed by atoms with Gasteiger partial charge in [0, 0.05) is 22.7 Å². The molecule has 1 aliphatic heterocycles. The van der Waals surface area contributed by atoms with Crippen LogP contribution in [0.4, 0.5) is 0 Å². The molecule has 0 aromatic carbocycles. The lowest BCUT2D eigenvalue weighted by molar-refractivity contribution is 0.375. The summed E-state index contributed by atoms with van der Waals surface area (Å²) in [6, 6.07) is 0.535. The zero-order valence-electron chi connectivity index (χ0n) is 8.52. The van der Waals surface area contributed by atoms with Crippen LogP contribution >= 0.6 is 0 Å². The average Bonchev–Trinajstić information content (AvgIpc) is 2.29. The monoisotopic (exact) mass is 179 g/mol. The molecule has 3 heteroatoms. The van der Waals surface area contributed by atoms with Crippen molar-refractivity contribution in [3.63, 3.8) is 0 Å². The van der Waals surface area contributed by atoms with Gasteiger partial charge in [-0.15, -0.1) is 0 Å². The first-order valence-corrected chi connectivity index (χ1v) is 4.86. The van der Waals surface area contributed by atoms with Gasteiger partial charge < -0.3 is 5.32 Å². The summed E-state index contributed by atoms with van der Waals surface area (Å²) >= 11 is 0. The lowest BCUT2D eigenvalue weighted by Crippen LogP contribution is -2.36. The van der Waals surface area contributed by atoms with Crippen LogP contribution in [0.15, 0.2) is 6.20 Å². The maximum Gasteiger partial charge on any atom is 0.0538 e. The Hall–Kier alpha value is -0.830. The Morgan fingerprint density at radius 3 is 2.62 bits per heavy atom. The lowest BCUT2D eigenvalue weighted by atomic mass is 9.85. The molecule has 1 fully saturated rings. The second-order valence-electron chi connectivity index (χ2n) is 4.75. The van der Waals surface area contributed by atoms with Crippen molar-refractivity contribution in [2.75, 3.05) is 6.54 Å². The van der Waals surface area contributed by atoms with Crippen LogP contribution < -0.4 is 5.32 Å². The van der Waals surface area contributed by atoms with Crippen LogP contribution in [0.25, 0.3) is 0 Å². The number of nitrogens with one attached hydrogen (secondary N) is 2. The molecule has 0 bridgehead atoms. The van der Waals surface area contributed by atoms with Crippen LogP contribution in [0.5, 0.6) is 0 Å². The molecule has 0 radical (unpaired) electrons. The van der Waals surface area contributed by atoms with E-state index in [2.05, 4.69) is 36.3 Å². The first kappa shape index (κ1) is 8.75. The summed E-state index contributed by atoms with van der Waals surface area (Å²) in [5, 5.41) is 10.6. The van der Waals surface area contributed by atoms with E-state index in [1.807, 2.05) is 6.20 Å². The molecule has 0 amide bonds. The first-order chi connectivity index (χ1) is 6.09. The van der Waals surface area contributed by atoms with Crippen molar-refractivity contribution in [2.45, 2.75) is 38.6 Å². The molecule has 1 saturated heterocycles. The SMILES string of the molecule is CC(C)(C)c1[nH]ncc1C1CCN1. The van der Waals surface area contributed by atoms with Crippen molar-refractivity contribution >= 4 is 0 Å². The lowest BCUT2D eigenvalue weighted by Gasteiger charge is -2.30. The summed E-state index contributed by atoms with van der Waals surface area (Å²) in [6.45, 7) is 7.77. The van der Waals surface area contributed by atoms with E-state index >= 15 is 0 Å². The number of hydrogen-bond donors (Lipinski definition) is 2. The predicted molar refractivity (Wildman–Crippen MR) is 52.6 cm³/mol. The molecular formula is C10H17N3. The van der Waals surface area contributed by atoms with Gasteiger partial charge in [-0.05, 0) is 13.0 Å². The van der Waals surface area contributed by atoms with Crippen LogP contribution in [0.2, 0.25) is 0 Å². The van der Waals surface area contributed by atoms with Gasteiger partial charge in [-0.1, -0.05) is 20.8 Å². The fourth-order valence-corrected chi connectivity index (χ4v) is 1.71. The van der Waals surface area contributed by atoms with Crippen LogP contribution in [0.1, 0.15) is 44.5 Å². The maximum atomic E-state index is 4.13. The van der Waals surface area contributed by atoms with Gasteiger partial charge in [0.05, 0.1) is 6.20 Å². The summed E-state index contributed by atoms with van der Waals surface area (Å²) < 4.78 is 0. The summed E-state index contributed by atoms with van der Waals surface area (Å²) in [6.07, 6.45) is 3.19. The minimum absolute atomic E-state index is 0.170. The highest BCUT2D eigenvalue weighted by Crippen LogP contribution is 2.31. The number of hydrogen-bond acceptors (Lipinski definition) is 2. The zero-order chi connectivity index (χ0) is 9.47. The van der Waals surface area contributed by atoms with E-state index in [1.165, 1.54) is 17.7 Å². The number of aromatic amines is 1. The van der Waals surface area contributed by atoms with Gasteiger partial charge >= 0.3 is 0 Å². The summed E-state index contributed by atoms with van der Waals surface area (Å²) in [5.74, 6) is 0. The van der Waals surface area contributed by atoms with Gasteiger partial charge in [0.2, 0.25) is 0 Å². The molecule has 13 heavy (non-hydrogen) atoms. The Kier molecular flexibility index (Phi) is 1.91. The van der Waals surface area contributed by atoms with E-state index in [0.717, 1.165) is 6.54 Å². The number of rotatable bonds is 1. The van der Waals surface area contributed by atoms with Crippen LogP contribution in [-0.2, 0) is 5.41 Å². The van der Waals surface area contributed by atoms with E-state index in [9.17, 15) is 0 Å². The van der Waals surface area contributed by atoms with Gasteiger partial charge in [0.1, 0.15) is 0 Å². The maximum absolute atomic E-state index is 4.13. The van der Waals surface area contributed by atoms with Crippen molar-refractivity contribution in [3.05, 3.63) is 17.5 Å². The highest BCUT2D eigenvalue weighted by molar-refractivity contribution is 5.28. The molecule has 3 nitrogen and oxygen atoms in total. The van der Waals surface area contributed by atoms with Crippen molar-refractivity contribution in [1.82, 2.24) is 15.5 Å². The van der Waals surface area contributed by atoms with Gasteiger partial charge in [0.25, 0.3) is 0 Å². The Labute approximate surface area is 78.9 Å². The van der Waals surface area contributed by atoms with E-state index in [0.29, 0.717) is 6.04 Å². The third kappa shape index (κ3) is 1.48. The average molecular weight is 179 g/mol. The molecule has 1 aromatic rings. The molecular weight excluding hydrogens is 162 g/mol. The van der Waals surface area contributed by atoms with E-state index < -0.39 is 0 Å². The number of nitrogens with zero attached hydrogens (tertiary/aromatic N) is 1. The topological polar surface area (TPSA) is 40.7 Å². The Morgan fingerprint density at radius 2 is 2.15 bits per heavy atom. The standard InChI is InChI=1S/C10H17N3/c1-10(2,3)9-7(6-12-13-9)8-4-5-11-8/h6,8,11H,4-5H2,1-3H3,(H,12,13). The number of aromatic nitrogens is 2. The molecule has 72 valence electrons. The third-order valence-electron chi connectivity index (χ3n) is 2.62. The largest absolute Gasteiger partial charge is 0.310 e. The quantitative estimate of drug-likeness (QED) is 0.689. The molecule has 1 unspecified atom stereocenters. The second kappa shape index (κ2) is 2.84. The zero-order valence-corrected chi connectivity index (χ0v) is 8.52. The molecule has 2 N–H and O–H groups in total. The molecule has 1 aromatic heterocycles. The molecule has 2 rings (SSSR count). The summed E-state index contributed by atoms with van der Waals surface area (Å²) in [5.41, 5.74) is 2.78. The number of H-pyrrole nitrogens is 1. The van der Waals surface area contributed by atoms with Gasteiger partial charge in [-0.2, -0.15) is 5.10 Å². The van der Waals surface area contributed by atoms with Crippen LogP contribution in [0, 0.1) is 0 Å². The molecule has 0 spiro atoms. The molecule has 0 saturated carbocycles. The molecule has 0 aliphatic carbocycles. The fraction of sp³-hybridized carbons (Fsp3) is 0.700. The highest BCUT2D eigenvalue weighted by atomic mass is 15.1. The van der Waals surface area contributed by atoms with Gasteiger partial charge in [-0.3, -0.25) is 5.10 Å². The Bertz CT molecular complexity index is 291. The Morgan fingerprint density at radius 1 is 1.46 bits per heavy atom. The van der Waals surface area contributed by atoms with Crippen LogP contribution in [-0.4, -0.2) is 16.7 Å². The second-order valence-corrected chi connectivity index (χ2v) is 4.75. The van der Waals surface area contributed by atoms with Gasteiger partial charge in [-0.25, -0.2) is 0 Å². The summed E-state index contributed by atoms with van der Waals surface area (Å²) in [7, 11) is 0. The van der Waals surface area contributed by atoms with E-state index in [4.69, 9.17) is 0 Å². The summed E-state index contributed by atoms with van der Waals surface area (Å²) in [4.78, 5) is 0. The van der Waals surface area contributed by atoms with Crippen molar-refractivity contribution in [2.24, 2.45) is 0 Å². The van der Waals surface area contributed by atoms with Crippen molar-refractivity contribution in [1.29, 1.82) is 0 Å². The minimum atomic E-state index is 0.170. The molecule has 1 atom stereocenters. The van der Waals surface area contributed by atoms with E-state index in [-0.39, 0.29) is 5.41 Å². The Balaban J connectivity index is 2.30. The van der Waals surface area contributed by atoms with E-state index in [1.54, 1.807) is 0 Å². The minimum Gasteiger partial charge on any atom is -0.310 e. The molecule has 2 heterocycles.